The van der Waals surface area contributed by atoms with E-state index in [0.29, 0.717) is 0 Å². The van der Waals surface area contributed by atoms with Crippen LogP contribution in [-0.4, -0.2) is 168 Å². The van der Waals surface area contributed by atoms with E-state index in [0.717, 1.165) is 22.0 Å². The van der Waals surface area contributed by atoms with Gasteiger partial charge in [0.05, 0.1) is 13.2 Å². The lowest BCUT2D eigenvalue weighted by Gasteiger charge is -2.38. The molecule has 23 heteroatoms. The van der Waals surface area contributed by atoms with Crippen LogP contribution < -0.4 is 20.1 Å². The normalized spacial score (nSPS) is 21.8. The number of carbonyl (C=O) groups is 6. The molecule has 0 unspecified atom stereocenters. The number of rotatable bonds is 19. The van der Waals surface area contributed by atoms with E-state index in [-0.39, 0.29) is 56.6 Å². The molecule has 2 heterocycles. The van der Waals surface area contributed by atoms with Gasteiger partial charge in [0.15, 0.2) is 6.10 Å². The molecule has 0 saturated carbocycles. The van der Waals surface area contributed by atoms with Gasteiger partial charge in [-0.1, -0.05) is 0 Å². The summed E-state index contributed by atoms with van der Waals surface area (Å²) >= 11 is 0. The van der Waals surface area contributed by atoms with Gasteiger partial charge in [0.1, 0.15) is 54.8 Å². The Hall–Kier alpha value is -4.91. The van der Waals surface area contributed by atoms with Crippen LogP contribution in [0.25, 0.3) is 0 Å². The molecule has 2 aliphatic rings. The highest BCUT2D eigenvalue weighted by Gasteiger charge is 2.48. The molecule has 0 bridgehead atoms. The number of hydrogen-bond donors (Lipinski definition) is 7. The van der Waals surface area contributed by atoms with Crippen LogP contribution in [0.3, 0.4) is 0 Å². The lowest BCUT2D eigenvalue weighted by molar-refractivity contribution is -0.271. The van der Waals surface area contributed by atoms with Crippen molar-refractivity contribution in [3.05, 3.63) is 35.9 Å². The fourth-order valence-corrected chi connectivity index (χ4v) is 5.27. The lowest BCUT2D eigenvalue weighted by Crippen LogP contribution is -2.61. The molecule has 0 aliphatic carbocycles. The molecule has 0 radical (unpaired) electrons. The first-order chi connectivity index (χ1) is 24.9. The van der Waals surface area contributed by atoms with E-state index in [2.05, 4.69) is 10.6 Å². The zero-order valence-electron chi connectivity index (χ0n) is 28.4. The fourth-order valence-electron chi connectivity index (χ4n) is 4.61. The van der Waals surface area contributed by atoms with Crippen molar-refractivity contribution in [1.29, 1.82) is 0 Å². The van der Waals surface area contributed by atoms with E-state index < -0.39 is 94.7 Å². The molecule has 53 heavy (non-hydrogen) atoms. The van der Waals surface area contributed by atoms with Crippen molar-refractivity contribution in [1.82, 2.24) is 20.4 Å². The number of nitrogens with zero attached hydrogens (tertiary/aromatic N) is 2. The molecule has 1 saturated heterocycles. The van der Waals surface area contributed by atoms with Gasteiger partial charge >= 0.3 is 12.1 Å². The van der Waals surface area contributed by atoms with Gasteiger partial charge in [0, 0.05) is 57.4 Å². The number of carboxylic acid groups (broad SMARTS) is 1. The van der Waals surface area contributed by atoms with Crippen molar-refractivity contribution >= 4 is 45.8 Å². The Bertz CT molecular complexity index is 1630. The van der Waals surface area contributed by atoms with Crippen molar-refractivity contribution in [2.75, 3.05) is 52.8 Å². The van der Waals surface area contributed by atoms with E-state index >= 15 is 0 Å². The molecule has 0 spiro atoms. The number of nitrogens with one attached hydrogen (secondary N) is 2. The van der Waals surface area contributed by atoms with Crippen LogP contribution in [0.4, 0.5) is 4.79 Å². The molecule has 1 aromatic carbocycles. The first-order valence-corrected chi connectivity index (χ1v) is 17.3. The predicted molar refractivity (Wildman–Crippen MR) is 173 cm³/mol. The molecule has 0 aromatic heterocycles. The highest BCUT2D eigenvalue weighted by Crippen LogP contribution is 2.30. The van der Waals surface area contributed by atoms with Gasteiger partial charge in [0.2, 0.25) is 18.1 Å². The number of carbonyl (C=O) groups excluding carboxylic acids is 5. The minimum atomic E-state index is -4.72. The Morgan fingerprint density at radius 2 is 1.68 bits per heavy atom. The zero-order valence-corrected chi connectivity index (χ0v) is 29.2. The monoisotopic (exact) mass is 776 g/mol. The van der Waals surface area contributed by atoms with Gasteiger partial charge in [-0.2, -0.15) is 8.42 Å². The summed E-state index contributed by atoms with van der Waals surface area (Å²) in [6.45, 7) is -1.09. The smallest absolute Gasteiger partial charge is 0.409 e. The molecule has 5 amide bonds. The van der Waals surface area contributed by atoms with Crippen LogP contribution in [-0.2, 0) is 54.9 Å². The van der Waals surface area contributed by atoms with Crippen molar-refractivity contribution in [3.8, 4) is 11.5 Å². The van der Waals surface area contributed by atoms with E-state index in [4.69, 9.17) is 23.7 Å². The van der Waals surface area contributed by atoms with Crippen LogP contribution >= 0.6 is 0 Å². The van der Waals surface area contributed by atoms with Crippen molar-refractivity contribution in [3.63, 3.8) is 0 Å². The summed E-state index contributed by atoms with van der Waals surface area (Å²) in [6.07, 6.45) is -8.61. The second-order valence-corrected chi connectivity index (χ2v) is 13.1. The predicted octanol–water partition coefficient (Wildman–Crippen LogP) is -3.64. The lowest BCUT2D eigenvalue weighted by atomic mass is 9.99. The summed E-state index contributed by atoms with van der Waals surface area (Å²) in [5.41, 5.74) is 0.223. The number of aliphatic hydroxyl groups excluding tert-OH is 3. The van der Waals surface area contributed by atoms with Crippen LogP contribution in [0.5, 0.6) is 11.5 Å². The second kappa shape index (κ2) is 19.2. The van der Waals surface area contributed by atoms with Gasteiger partial charge in [-0.3, -0.25) is 28.6 Å². The second-order valence-electron chi connectivity index (χ2n) is 11.6. The van der Waals surface area contributed by atoms with Gasteiger partial charge in [-0.25, -0.2) is 9.59 Å². The Balaban J connectivity index is 1.52. The summed E-state index contributed by atoms with van der Waals surface area (Å²) in [5, 5.41) is 44.3. The van der Waals surface area contributed by atoms with Crippen molar-refractivity contribution in [2.45, 2.75) is 49.8 Å². The van der Waals surface area contributed by atoms with E-state index in [1.165, 1.54) is 32.3 Å². The van der Waals surface area contributed by atoms with Crippen LogP contribution in [0.2, 0.25) is 0 Å². The number of amides is 5. The number of aliphatic carboxylic acids is 1. The summed E-state index contributed by atoms with van der Waals surface area (Å²) in [5.74, 6) is -5.84. The number of aliphatic hydroxyl groups is 3. The van der Waals surface area contributed by atoms with Crippen LogP contribution in [0.1, 0.15) is 12.0 Å². The zero-order chi connectivity index (χ0) is 39.5. The van der Waals surface area contributed by atoms with E-state index in [1.54, 1.807) is 0 Å². The standard InChI is InChI=1S/C30H40N4O18S/c1-33(2)30(44)50-14-16-3-4-17(13-19(16)51-29-25(40)23(38)24(39)26(52-29)28(42)43)49-12-11-48-10-8-31-27(41)18(15-53(45,46)47)32-20(35)7-9-34-21(36)5-6-22(34)37/h3-6,13,18,23-26,29,38-40H,7-12,14-15H2,1-2H3,(H,31,41)(H,32,35)(H,42,43)(H,45,46,47)/t18-,23-,24-,25+,26-,29+/m0/s1. The topological polar surface area (TPSA) is 314 Å². The average molecular weight is 777 g/mol. The third-order valence-electron chi connectivity index (χ3n) is 7.35. The maximum Gasteiger partial charge on any atom is 0.409 e. The molecule has 2 aliphatic heterocycles. The summed E-state index contributed by atoms with van der Waals surface area (Å²) in [4.78, 5) is 73.6. The molecule has 1 aromatic rings. The van der Waals surface area contributed by atoms with E-state index in [9.17, 15) is 62.2 Å². The van der Waals surface area contributed by atoms with Crippen LogP contribution in [0, 0.1) is 0 Å². The number of carboxylic acids is 1. The first-order valence-electron chi connectivity index (χ1n) is 15.7. The fraction of sp³-hybridized carbons (Fsp3) is 0.533. The summed E-state index contributed by atoms with van der Waals surface area (Å²) < 4.78 is 59.1. The molecular weight excluding hydrogens is 736 g/mol. The third kappa shape index (κ3) is 12.9. The van der Waals surface area contributed by atoms with Crippen molar-refractivity contribution < 1.29 is 85.8 Å². The first kappa shape index (κ1) is 42.5. The SMILES string of the molecule is CN(C)C(=O)OCc1ccc(OCCOCCNC(=O)[C@H](CS(=O)(=O)O)NC(=O)CCN2C(=O)C=CC2=O)cc1O[C@@H]1O[C@H](C(=O)O)[C@@H](O)[C@H](O)[C@H]1O. The van der Waals surface area contributed by atoms with E-state index in [1.807, 2.05) is 0 Å². The molecule has 1 fully saturated rings. The molecule has 3 rings (SSSR count). The number of benzene rings is 1. The summed E-state index contributed by atoms with van der Waals surface area (Å²) in [7, 11) is -1.82. The molecule has 7 N–H and O–H groups in total. The Morgan fingerprint density at radius 3 is 2.30 bits per heavy atom. The quantitative estimate of drug-likeness (QED) is 0.0405. The Kier molecular flexibility index (Phi) is 15.4. The van der Waals surface area contributed by atoms with Gasteiger partial charge in [0.25, 0.3) is 21.9 Å². The maximum absolute atomic E-state index is 12.6. The number of hydrogen-bond acceptors (Lipinski definition) is 16. The number of imide groups is 1. The molecule has 6 atom stereocenters. The largest absolute Gasteiger partial charge is 0.491 e. The highest BCUT2D eigenvalue weighted by molar-refractivity contribution is 7.85. The van der Waals surface area contributed by atoms with Gasteiger partial charge in [-0.05, 0) is 12.1 Å². The Morgan fingerprint density at radius 1 is 1.00 bits per heavy atom. The highest BCUT2D eigenvalue weighted by atomic mass is 32.2. The third-order valence-corrected chi connectivity index (χ3v) is 8.10. The van der Waals surface area contributed by atoms with Gasteiger partial charge in [-0.15, -0.1) is 0 Å². The Labute approximate surface area is 301 Å². The number of ether oxygens (including phenoxy) is 5. The molecule has 22 nitrogen and oxygen atoms in total. The van der Waals surface area contributed by atoms with Crippen molar-refractivity contribution in [2.24, 2.45) is 0 Å². The summed E-state index contributed by atoms with van der Waals surface area (Å²) in [6, 6.07) is 2.48. The minimum Gasteiger partial charge on any atom is -0.491 e. The minimum absolute atomic E-state index is 0.0585. The maximum atomic E-state index is 12.6. The van der Waals surface area contributed by atoms with Crippen LogP contribution in [0.15, 0.2) is 30.4 Å². The molecular formula is C30H40N4O18S. The molecule has 294 valence electrons. The average Bonchev–Trinajstić information content (AvgIpc) is 3.41. The van der Waals surface area contributed by atoms with Gasteiger partial charge < -0.3 is 59.6 Å².